The highest BCUT2D eigenvalue weighted by atomic mass is 16.6. The Labute approximate surface area is 188 Å². The Bertz CT molecular complexity index is 931. The lowest BCUT2D eigenvalue weighted by atomic mass is 10.1. The van der Waals surface area contributed by atoms with Crippen LogP contribution in [0.25, 0.3) is 0 Å². The molecule has 0 bridgehead atoms. The Morgan fingerprint density at radius 2 is 1.88 bits per heavy atom. The highest BCUT2D eigenvalue weighted by molar-refractivity contribution is 6.00. The zero-order chi connectivity index (χ0) is 22.3. The van der Waals surface area contributed by atoms with Crippen molar-refractivity contribution in [3.05, 3.63) is 69.8 Å². The monoisotopic (exact) mass is 438 g/mol. The van der Waals surface area contributed by atoms with Gasteiger partial charge in [0.2, 0.25) is 0 Å². The molecular formula is C24H30N4O4. The Balaban J connectivity index is 1.40. The summed E-state index contributed by atoms with van der Waals surface area (Å²) in [6.07, 6.45) is 3.17. The van der Waals surface area contributed by atoms with Crippen molar-refractivity contribution in [2.75, 3.05) is 44.2 Å². The number of nitro benzene ring substituents is 1. The van der Waals surface area contributed by atoms with Gasteiger partial charge >= 0.3 is 0 Å². The van der Waals surface area contributed by atoms with Crippen molar-refractivity contribution in [3.8, 4) is 0 Å². The van der Waals surface area contributed by atoms with E-state index in [-0.39, 0.29) is 17.7 Å². The fraction of sp³-hybridized carbons (Fsp3) is 0.458. The summed E-state index contributed by atoms with van der Waals surface area (Å²) in [6, 6.07) is 14.9. The van der Waals surface area contributed by atoms with Crippen LogP contribution in [0.4, 0.5) is 11.4 Å². The molecule has 1 N–H and O–H groups in total. The maximum absolute atomic E-state index is 13.1. The third-order valence-electron chi connectivity index (χ3n) is 6.09. The van der Waals surface area contributed by atoms with Gasteiger partial charge in [-0.1, -0.05) is 30.3 Å². The van der Waals surface area contributed by atoms with Crippen LogP contribution in [-0.4, -0.2) is 61.2 Å². The summed E-state index contributed by atoms with van der Waals surface area (Å²) in [5.41, 5.74) is 2.31. The number of anilines is 1. The third-order valence-corrected chi connectivity index (χ3v) is 6.09. The lowest BCUT2D eigenvalue weighted by molar-refractivity contribution is -0.384. The molecule has 2 aliphatic rings. The summed E-state index contributed by atoms with van der Waals surface area (Å²) in [5.74, 6) is -0.293. The second-order valence-electron chi connectivity index (χ2n) is 8.43. The van der Waals surface area contributed by atoms with E-state index in [4.69, 9.17) is 4.74 Å². The maximum Gasteiger partial charge on any atom is 0.270 e. The van der Waals surface area contributed by atoms with Crippen LogP contribution in [0.15, 0.2) is 48.5 Å². The van der Waals surface area contributed by atoms with Crippen LogP contribution in [0.5, 0.6) is 0 Å². The molecule has 2 fully saturated rings. The van der Waals surface area contributed by atoms with Crippen LogP contribution in [0, 0.1) is 10.1 Å². The molecule has 170 valence electrons. The quantitative estimate of drug-likeness (QED) is 0.528. The number of nitro groups is 1. The van der Waals surface area contributed by atoms with E-state index >= 15 is 0 Å². The van der Waals surface area contributed by atoms with E-state index in [1.54, 1.807) is 6.07 Å². The smallest absolute Gasteiger partial charge is 0.270 e. The highest BCUT2D eigenvalue weighted by Crippen LogP contribution is 2.28. The van der Waals surface area contributed by atoms with Gasteiger partial charge in [0.25, 0.3) is 11.6 Å². The van der Waals surface area contributed by atoms with E-state index in [1.807, 2.05) is 18.2 Å². The Kier molecular flexibility index (Phi) is 7.34. The van der Waals surface area contributed by atoms with Crippen LogP contribution in [0.1, 0.15) is 35.2 Å². The summed E-state index contributed by atoms with van der Waals surface area (Å²) >= 11 is 0. The van der Waals surface area contributed by atoms with Crippen LogP contribution >= 0.6 is 0 Å². The first kappa shape index (κ1) is 22.2. The number of morpholine rings is 1. The second kappa shape index (κ2) is 10.6. The molecule has 0 radical (unpaired) electrons. The molecule has 0 saturated carbocycles. The van der Waals surface area contributed by atoms with Crippen molar-refractivity contribution < 1.29 is 14.5 Å². The number of hydrogen-bond acceptors (Lipinski definition) is 6. The average Bonchev–Trinajstić information content (AvgIpc) is 2.83. The predicted octanol–water partition coefficient (Wildman–Crippen LogP) is 3.22. The van der Waals surface area contributed by atoms with Gasteiger partial charge in [0, 0.05) is 51.4 Å². The van der Waals surface area contributed by atoms with Crippen molar-refractivity contribution >= 4 is 17.3 Å². The first-order valence-electron chi connectivity index (χ1n) is 11.3. The Morgan fingerprint density at radius 3 is 2.62 bits per heavy atom. The van der Waals surface area contributed by atoms with Crippen molar-refractivity contribution in [1.29, 1.82) is 0 Å². The molecule has 0 aromatic heterocycles. The molecular weight excluding hydrogens is 408 g/mol. The first-order valence-corrected chi connectivity index (χ1v) is 11.3. The van der Waals surface area contributed by atoms with E-state index < -0.39 is 4.92 Å². The van der Waals surface area contributed by atoms with E-state index in [0.717, 1.165) is 51.3 Å². The molecule has 2 aromatic rings. The number of carbonyl (C=O) groups excluding carboxylic acids is 1. The molecule has 32 heavy (non-hydrogen) atoms. The van der Waals surface area contributed by atoms with Gasteiger partial charge < -0.3 is 15.0 Å². The summed E-state index contributed by atoms with van der Waals surface area (Å²) in [6.45, 7) is 5.12. The molecule has 1 unspecified atom stereocenters. The SMILES string of the molecule is O=C(NCC1CN(Cc2ccccc2)CCO1)c1cc([N+](=O)[O-])ccc1N1CCCCC1. The van der Waals surface area contributed by atoms with E-state index in [0.29, 0.717) is 18.7 Å². The third kappa shape index (κ3) is 5.63. The van der Waals surface area contributed by atoms with Gasteiger partial charge in [0.1, 0.15) is 0 Å². The highest BCUT2D eigenvalue weighted by Gasteiger charge is 2.24. The summed E-state index contributed by atoms with van der Waals surface area (Å²) in [7, 11) is 0. The van der Waals surface area contributed by atoms with Crippen LogP contribution in [-0.2, 0) is 11.3 Å². The largest absolute Gasteiger partial charge is 0.374 e. The minimum Gasteiger partial charge on any atom is -0.374 e. The van der Waals surface area contributed by atoms with Crippen LogP contribution < -0.4 is 10.2 Å². The van der Waals surface area contributed by atoms with Gasteiger partial charge in [-0.2, -0.15) is 0 Å². The minimum atomic E-state index is -0.456. The number of rotatable bonds is 7. The number of ether oxygens (including phenoxy) is 1. The standard InChI is InChI=1S/C24H30N4O4/c29-24(22-15-20(28(30)31)9-10-23(22)27-11-5-2-6-12-27)25-16-21-18-26(13-14-32-21)17-19-7-3-1-4-8-19/h1,3-4,7-10,15,21H,2,5-6,11-14,16-18H2,(H,25,29). The minimum absolute atomic E-state index is 0.0705. The Morgan fingerprint density at radius 1 is 1.09 bits per heavy atom. The number of piperidine rings is 1. The topological polar surface area (TPSA) is 88.0 Å². The molecule has 2 saturated heterocycles. The maximum atomic E-state index is 13.1. The first-order chi connectivity index (χ1) is 15.6. The van der Waals surface area contributed by atoms with Crippen molar-refractivity contribution in [1.82, 2.24) is 10.2 Å². The lowest BCUT2D eigenvalue weighted by Gasteiger charge is -2.33. The molecule has 1 atom stereocenters. The molecule has 8 heteroatoms. The molecule has 0 spiro atoms. The zero-order valence-electron chi connectivity index (χ0n) is 18.2. The predicted molar refractivity (Wildman–Crippen MR) is 123 cm³/mol. The van der Waals surface area contributed by atoms with Crippen molar-refractivity contribution in [2.45, 2.75) is 31.9 Å². The molecule has 4 rings (SSSR count). The fourth-order valence-corrected chi connectivity index (χ4v) is 4.42. The van der Waals surface area contributed by atoms with Crippen molar-refractivity contribution in [2.24, 2.45) is 0 Å². The fourth-order valence-electron chi connectivity index (χ4n) is 4.42. The second-order valence-corrected chi connectivity index (χ2v) is 8.43. The average molecular weight is 439 g/mol. The molecule has 2 heterocycles. The Hall–Kier alpha value is -2.97. The van der Waals surface area contributed by atoms with Crippen molar-refractivity contribution in [3.63, 3.8) is 0 Å². The van der Waals surface area contributed by atoms with Crippen LogP contribution in [0.2, 0.25) is 0 Å². The summed E-state index contributed by atoms with van der Waals surface area (Å²) in [5, 5.41) is 14.2. The van der Waals surface area contributed by atoms with Crippen LogP contribution in [0.3, 0.4) is 0 Å². The number of hydrogen-bond donors (Lipinski definition) is 1. The molecule has 1 amide bonds. The lowest BCUT2D eigenvalue weighted by Crippen LogP contribution is -2.47. The number of amides is 1. The summed E-state index contributed by atoms with van der Waals surface area (Å²) < 4.78 is 5.87. The number of nitrogens with zero attached hydrogens (tertiary/aromatic N) is 3. The van der Waals surface area contributed by atoms with Gasteiger partial charge in [-0.15, -0.1) is 0 Å². The van der Waals surface area contributed by atoms with Gasteiger partial charge in [-0.05, 0) is 30.9 Å². The normalized spacial score (nSPS) is 19.5. The number of benzene rings is 2. The summed E-state index contributed by atoms with van der Waals surface area (Å²) in [4.78, 5) is 28.4. The van der Waals surface area contributed by atoms with Gasteiger partial charge in [0.15, 0.2) is 0 Å². The molecule has 8 nitrogen and oxygen atoms in total. The molecule has 2 aliphatic heterocycles. The van der Waals surface area contributed by atoms with E-state index in [2.05, 4.69) is 27.2 Å². The molecule has 2 aromatic carbocycles. The number of carbonyl (C=O) groups is 1. The molecule has 0 aliphatic carbocycles. The van der Waals surface area contributed by atoms with E-state index in [9.17, 15) is 14.9 Å². The number of non-ortho nitro benzene ring substituents is 1. The zero-order valence-corrected chi connectivity index (χ0v) is 18.2. The van der Waals surface area contributed by atoms with Gasteiger partial charge in [0.05, 0.1) is 28.9 Å². The number of nitrogens with one attached hydrogen (secondary N) is 1. The van der Waals surface area contributed by atoms with E-state index in [1.165, 1.54) is 24.1 Å². The van der Waals surface area contributed by atoms with Gasteiger partial charge in [-0.3, -0.25) is 19.8 Å². The van der Waals surface area contributed by atoms with Gasteiger partial charge in [-0.25, -0.2) is 0 Å².